The molecule has 5 nitrogen and oxygen atoms in total. The summed E-state index contributed by atoms with van der Waals surface area (Å²) in [5.41, 5.74) is 5.72. The molecular weight excluding hydrogens is 238 g/mol. The van der Waals surface area contributed by atoms with E-state index in [0.29, 0.717) is 0 Å². The first-order valence-electron chi connectivity index (χ1n) is 6.74. The zero-order chi connectivity index (χ0) is 14.2. The summed E-state index contributed by atoms with van der Waals surface area (Å²) in [6.07, 6.45) is 2.01. The maximum Gasteiger partial charge on any atom is 0.0825 e. The molecule has 0 aromatic carbocycles. The van der Waals surface area contributed by atoms with Crippen LogP contribution in [-0.2, 0) is 13.6 Å². The van der Waals surface area contributed by atoms with Crippen LogP contribution in [0.2, 0.25) is 0 Å². The Labute approximate surface area is 114 Å². The fourth-order valence-electron chi connectivity index (χ4n) is 2.69. The van der Waals surface area contributed by atoms with Gasteiger partial charge in [-0.1, -0.05) is 0 Å². The van der Waals surface area contributed by atoms with Crippen LogP contribution in [0.1, 0.15) is 42.5 Å². The van der Waals surface area contributed by atoms with Gasteiger partial charge in [0.05, 0.1) is 23.1 Å². The molecule has 1 unspecified atom stereocenters. The Morgan fingerprint density at radius 1 is 1.21 bits per heavy atom. The lowest BCUT2D eigenvalue weighted by atomic mass is 10.1. The first kappa shape index (κ1) is 13.6. The number of hydrogen-bond donors (Lipinski definition) is 1. The molecule has 2 aromatic rings. The highest BCUT2D eigenvalue weighted by Crippen LogP contribution is 2.26. The topological polar surface area (TPSA) is 47.7 Å². The number of nitrogens with zero attached hydrogens (tertiary/aromatic N) is 4. The van der Waals surface area contributed by atoms with Crippen LogP contribution in [0.25, 0.3) is 0 Å². The second-order valence-corrected chi connectivity index (χ2v) is 5.07. The van der Waals surface area contributed by atoms with Gasteiger partial charge in [0.25, 0.3) is 0 Å². The van der Waals surface area contributed by atoms with Crippen LogP contribution in [0.5, 0.6) is 0 Å². The van der Waals surface area contributed by atoms with E-state index in [4.69, 9.17) is 0 Å². The van der Waals surface area contributed by atoms with Gasteiger partial charge in [-0.15, -0.1) is 0 Å². The number of anilines is 1. The standard InChI is InChI=1S/C14H23N5/c1-7-19-12(5)14(11(4)17-19)10(3)15-13-8-18(6)16-9(13)2/h8,10,15H,7H2,1-6H3. The highest BCUT2D eigenvalue weighted by atomic mass is 15.3. The molecule has 0 amide bonds. The number of aromatic nitrogens is 4. The highest BCUT2D eigenvalue weighted by molar-refractivity contribution is 5.48. The van der Waals surface area contributed by atoms with E-state index in [-0.39, 0.29) is 6.04 Å². The fourth-order valence-corrected chi connectivity index (χ4v) is 2.69. The maximum atomic E-state index is 4.57. The summed E-state index contributed by atoms with van der Waals surface area (Å²) in [5, 5.41) is 12.5. The number of hydrogen-bond acceptors (Lipinski definition) is 3. The van der Waals surface area contributed by atoms with Gasteiger partial charge in [-0.25, -0.2) is 0 Å². The minimum atomic E-state index is 0.225. The van der Waals surface area contributed by atoms with E-state index in [1.165, 1.54) is 11.3 Å². The van der Waals surface area contributed by atoms with E-state index in [2.05, 4.69) is 47.9 Å². The van der Waals surface area contributed by atoms with Crippen LogP contribution >= 0.6 is 0 Å². The minimum Gasteiger partial charge on any atom is -0.376 e. The van der Waals surface area contributed by atoms with Gasteiger partial charge in [-0.2, -0.15) is 10.2 Å². The maximum absolute atomic E-state index is 4.57. The Hall–Kier alpha value is -1.78. The molecule has 2 heterocycles. The molecule has 2 rings (SSSR count). The summed E-state index contributed by atoms with van der Waals surface area (Å²) in [4.78, 5) is 0. The van der Waals surface area contributed by atoms with Crippen LogP contribution in [-0.4, -0.2) is 19.6 Å². The summed E-state index contributed by atoms with van der Waals surface area (Å²) >= 11 is 0. The zero-order valence-electron chi connectivity index (χ0n) is 12.7. The Balaban J connectivity index is 2.27. The highest BCUT2D eigenvalue weighted by Gasteiger charge is 2.18. The molecule has 0 spiro atoms. The van der Waals surface area contributed by atoms with Gasteiger partial charge in [0.1, 0.15) is 0 Å². The van der Waals surface area contributed by atoms with Gasteiger partial charge in [0, 0.05) is 31.0 Å². The second kappa shape index (κ2) is 5.07. The Morgan fingerprint density at radius 3 is 2.37 bits per heavy atom. The Morgan fingerprint density at radius 2 is 1.89 bits per heavy atom. The third-order valence-corrected chi connectivity index (χ3v) is 3.56. The van der Waals surface area contributed by atoms with Gasteiger partial charge in [-0.05, 0) is 34.6 Å². The van der Waals surface area contributed by atoms with E-state index < -0.39 is 0 Å². The molecule has 2 aromatic heterocycles. The molecule has 104 valence electrons. The third kappa shape index (κ3) is 2.50. The van der Waals surface area contributed by atoms with Crippen molar-refractivity contribution >= 4 is 5.69 Å². The van der Waals surface area contributed by atoms with E-state index in [1.54, 1.807) is 0 Å². The number of nitrogens with one attached hydrogen (secondary N) is 1. The van der Waals surface area contributed by atoms with Gasteiger partial charge in [0.15, 0.2) is 0 Å². The fraction of sp³-hybridized carbons (Fsp3) is 0.571. The van der Waals surface area contributed by atoms with Crippen molar-refractivity contribution in [2.45, 2.75) is 47.2 Å². The summed E-state index contributed by atoms with van der Waals surface area (Å²) in [6.45, 7) is 11.4. The predicted octanol–water partition coefficient (Wildman–Crippen LogP) is 2.73. The molecule has 0 saturated heterocycles. The zero-order valence-corrected chi connectivity index (χ0v) is 12.7. The van der Waals surface area contributed by atoms with E-state index in [0.717, 1.165) is 23.6 Å². The van der Waals surface area contributed by atoms with Crippen molar-refractivity contribution in [2.75, 3.05) is 5.32 Å². The molecule has 5 heteroatoms. The first-order valence-corrected chi connectivity index (χ1v) is 6.74. The van der Waals surface area contributed by atoms with Crippen LogP contribution < -0.4 is 5.32 Å². The van der Waals surface area contributed by atoms with Crippen LogP contribution in [0.15, 0.2) is 6.20 Å². The lowest BCUT2D eigenvalue weighted by molar-refractivity contribution is 0.632. The Bertz CT molecular complexity index is 579. The number of aryl methyl sites for hydroxylation is 4. The number of rotatable bonds is 4. The summed E-state index contributed by atoms with van der Waals surface area (Å²) in [6, 6.07) is 0.225. The quantitative estimate of drug-likeness (QED) is 0.920. The predicted molar refractivity (Wildman–Crippen MR) is 77.4 cm³/mol. The van der Waals surface area contributed by atoms with E-state index in [1.807, 2.05) is 24.9 Å². The average Bonchev–Trinajstić information content (AvgIpc) is 2.79. The van der Waals surface area contributed by atoms with Crippen molar-refractivity contribution in [3.05, 3.63) is 28.8 Å². The normalized spacial score (nSPS) is 12.7. The van der Waals surface area contributed by atoms with Crippen molar-refractivity contribution < 1.29 is 0 Å². The average molecular weight is 261 g/mol. The first-order chi connectivity index (χ1) is 8.93. The van der Waals surface area contributed by atoms with Crippen molar-refractivity contribution in [2.24, 2.45) is 7.05 Å². The molecule has 0 radical (unpaired) electrons. The molecule has 0 aliphatic carbocycles. The third-order valence-electron chi connectivity index (χ3n) is 3.56. The van der Waals surface area contributed by atoms with Gasteiger partial charge in [0.2, 0.25) is 0 Å². The molecule has 19 heavy (non-hydrogen) atoms. The molecule has 1 N–H and O–H groups in total. The van der Waals surface area contributed by atoms with Crippen LogP contribution in [0, 0.1) is 20.8 Å². The molecule has 0 saturated carbocycles. The molecule has 0 bridgehead atoms. The monoisotopic (exact) mass is 261 g/mol. The summed E-state index contributed by atoms with van der Waals surface area (Å²) < 4.78 is 3.89. The molecule has 1 atom stereocenters. The van der Waals surface area contributed by atoms with Crippen molar-refractivity contribution in [3.63, 3.8) is 0 Å². The van der Waals surface area contributed by atoms with Gasteiger partial charge < -0.3 is 5.32 Å². The molecule has 0 fully saturated rings. The lowest BCUT2D eigenvalue weighted by Crippen LogP contribution is -2.09. The van der Waals surface area contributed by atoms with Crippen molar-refractivity contribution in [3.8, 4) is 0 Å². The molecule has 0 aliphatic rings. The van der Waals surface area contributed by atoms with E-state index in [9.17, 15) is 0 Å². The molecule has 0 aliphatic heterocycles. The van der Waals surface area contributed by atoms with E-state index >= 15 is 0 Å². The van der Waals surface area contributed by atoms with Crippen LogP contribution in [0.4, 0.5) is 5.69 Å². The minimum absolute atomic E-state index is 0.225. The largest absolute Gasteiger partial charge is 0.376 e. The summed E-state index contributed by atoms with van der Waals surface area (Å²) in [5.74, 6) is 0. The lowest BCUT2D eigenvalue weighted by Gasteiger charge is -2.15. The Kier molecular flexibility index (Phi) is 3.64. The van der Waals surface area contributed by atoms with Crippen molar-refractivity contribution in [1.29, 1.82) is 0 Å². The smallest absolute Gasteiger partial charge is 0.0825 e. The molecular formula is C14H23N5. The van der Waals surface area contributed by atoms with Crippen molar-refractivity contribution in [1.82, 2.24) is 19.6 Å². The summed E-state index contributed by atoms with van der Waals surface area (Å²) in [7, 11) is 1.94. The van der Waals surface area contributed by atoms with Crippen LogP contribution in [0.3, 0.4) is 0 Å². The SMILES string of the molecule is CCn1nc(C)c(C(C)Nc2cn(C)nc2C)c1C. The van der Waals surface area contributed by atoms with Gasteiger partial charge in [-0.3, -0.25) is 9.36 Å². The second-order valence-electron chi connectivity index (χ2n) is 5.07. The van der Waals surface area contributed by atoms with Gasteiger partial charge >= 0.3 is 0 Å².